The molecule has 1 fully saturated rings. The van der Waals surface area contributed by atoms with Gasteiger partial charge in [0.05, 0.1) is 13.2 Å². The molecule has 1 aliphatic rings. The first-order valence-electron chi connectivity index (χ1n) is 8.81. The summed E-state index contributed by atoms with van der Waals surface area (Å²) >= 11 is 0. The number of hydrogen-bond donors (Lipinski definition) is 1. The number of carbonyl (C=O) groups is 1. The Morgan fingerprint density at radius 1 is 1.15 bits per heavy atom. The molecule has 26 heavy (non-hydrogen) atoms. The molecule has 0 aliphatic carbocycles. The van der Waals surface area contributed by atoms with Crippen LogP contribution in [0.3, 0.4) is 0 Å². The fourth-order valence-corrected chi connectivity index (χ4v) is 3.38. The minimum absolute atomic E-state index is 0.0191. The van der Waals surface area contributed by atoms with Gasteiger partial charge in [0, 0.05) is 18.8 Å². The number of hydrogen-bond acceptors (Lipinski definition) is 4. The number of nitrogens with one attached hydrogen (secondary N) is 1. The molecular formula is C19H23N3O4. The standard InChI is InChI=1S/C19H23N3O4/c1-26-15-8-6-14(7-9-15)16-5-3-2-4-11-22(16)18(24)13-21-12-10-17(23)20-19(21)25/h6-10,12,16H,2-5,11,13H2,1H3,(H,20,23,25). The van der Waals surface area contributed by atoms with Gasteiger partial charge in [0.2, 0.25) is 5.91 Å². The van der Waals surface area contributed by atoms with Gasteiger partial charge in [-0.25, -0.2) is 4.79 Å². The van der Waals surface area contributed by atoms with E-state index >= 15 is 0 Å². The molecule has 138 valence electrons. The van der Waals surface area contributed by atoms with E-state index in [9.17, 15) is 14.4 Å². The Morgan fingerprint density at radius 2 is 1.92 bits per heavy atom. The van der Waals surface area contributed by atoms with Crippen LogP contribution in [0.15, 0.2) is 46.1 Å². The average Bonchev–Trinajstić information content (AvgIpc) is 2.90. The molecule has 1 aliphatic heterocycles. The molecule has 1 unspecified atom stereocenters. The van der Waals surface area contributed by atoms with Crippen LogP contribution in [0.5, 0.6) is 5.75 Å². The van der Waals surface area contributed by atoms with Crippen molar-refractivity contribution in [3.05, 3.63) is 62.9 Å². The van der Waals surface area contributed by atoms with Crippen molar-refractivity contribution in [2.24, 2.45) is 0 Å². The number of rotatable bonds is 4. The third kappa shape index (κ3) is 4.04. The van der Waals surface area contributed by atoms with Gasteiger partial charge < -0.3 is 9.64 Å². The first kappa shape index (κ1) is 18.0. The van der Waals surface area contributed by atoms with E-state index in [1.165, 1.54) is 16.8 Å². The molecule has 0 bridgehead atoms. The topological polar surface area (TPSA) is 84.4 Å². The molecule has 0 saturated carbocycles. The average molecular weight is 357 g/mol. The number of amides is 1. The van der Waals surface area contributed by atoms with Gasteiger partial charge in [-0.2, -0.15) is 0 Å². The Kier molecular flexibility index (Phi) is 5.55. The largest absolute Gasteiger partial charge is 0.497 e. The minimum atomic E-state index is -0.568. The summed E-state index contributed by atoms with van der Waals surface area (Å²) in [6.45, 7) is 0.579. The van der Waals surface area contributed by atoms with Crippen molar-refractivity contribution < 1.29 is 9.53 Å². The maximum absolute atomic E-state index is 12.9. The Morgan fingerprint density at radius 3 is 2.62 bits per heavy atom. The summed E-state index contributed by atoms with van der Waals surface area (Å²) < 4.78 is 6.45. The summed E-state index contributed by atoms with van der Waals surface area (Å²) in [6.07, 6.45) is 5.32. The molecular weight excluding hydrogens is 334 g/mol. The van der Waals surface area contributed by atoms with Gasteiger partial charge in [-0.05, 0) is 30.5 Å². The van der Waals surface area contributed by atoms with E-state index in [0.717, 1.165) is 37.0 Å². The Balaban J connectivity index is 1.84. The van der Waals surface area contributed by atoms with Gasteiger partial charge in [0.25, 0.3) is 5.56 Å². The molecule has 2 aromatic rings. The fraction of sp³-hybridized carbons (Fsp3) is 0.421. The highest BCUT2D eigenvalue weighted by Crippen LogP contribution is 2.31. The second-order valence-corrected chi connectivity index (χ2v) is 6.46. The number of benzene rings is 1. The van der Waals surface area contributed by atoms with Crippen molar-refractivity contribution in [3.63, 3.8) is 0 Å². The Bertz CT molecular complexity index is 869. The first-order valence-corrected chi connectivity index (χ1v) is 8.81. The summed E-state index contributed by atoms with van der Waals surface area (Å²) in [7, 11) is 1.62. The van der Waals surface area contributed by atoms with Gasteiger partial charge >= 0.3 is 5.69 Å². The van der Waals surface area contributed by atoms with Gasteiger partial charge in [-0.1, -0.05) is 25.0 Å². The van der Waals surface area contributed by atoms with Crippen molar-refractivity contribution in [1.82, 2.24) is 14.5 Å². The number of ether oxygens (including phenoxy) is 1. The molecule has 7 nitrogen and oxygen atoms in total. The Labute approximate surface area is 151 Å². The monoisotopic (exact) mass is 357 g/mol. The molecule has 1 aromatic carbocycles. The summed E-state index contributed by atoms with van der Waals surface area (Å²) in [6, 6.07) is 9.00. The fourth-order valence-electron chi connectivity index (χ4n) is 3.38. The summed E-state index contributed by atoms with van der Waals surface area (Å²) in [4.78, 5) is 40.0. The zero-order valence-electron chi connectivity index (χ0n) is 14.8. The van der Waals surface area contributed by atoms with E-state index in [4.69, 9.17) is 4.74 Å². The van der Waals surface area contributed by atoms with Crippen LogP contribution in [0.1, 0.15) is 37.3 Å². The Hall–Kier alpha value is -2.83. The van der Waals surface area contributed by atoms with Crippen molar-refractivity contribution >= 4 is 5.91 Å². The molecule has 1 saturated heterocycles. The van der Waals surface area contributed by atoms with Gasteiger partial charge in [0.15, 0.2) is 0 Å². The molecule has 7 heteroatoms. The molecule has 1 atom stereocenters. The molecule has 1 N–H and O–H groups in total. The zero-order valence-corrected chi connectivity index (χ0v) is 14.8. The second kappa shape index (κ2) is 8.03. The van der Waals surface area contributed by atoms with Crippen LogP contribution in [0, 0.1) is 0 Å². The highest BCUT2D eigenvalue weighted by atomic mass is 16.5. The maximum Gasteiger partial charge on any atom is 0.328 e. The number of H-pyrrole nitrogens is 1. The minimum Gasteiger partial charge on any atom is -0.497 e. The number of aromatic nitrogens is 2. The lowest BCUT2D eigenvalue weighted by Crippen LogP contribution is -2.40. The third-order valence-electron chi connectivity index (χ3n) is 4.78. The van der Waals surface area contributed by atoms with Crippen LogP contribution in [0.4, 0.5) is 0 Å². The van der Waals surface area contributed by atoms with E-state index < -0.39 is 11.2 Å². The summed E-state index contributed by atoms with van der Waals surface area (Å²) in [5, 5.41) is 0. The number of aromatic amines is 1. The molecule has 3 rings (SSSR count). The maximum atomic E-state index is 12.9. The van der Waals surface area contributed by atoms with E-state index in [1.54, 1.807) is 7.11 Å². The van der Waals surface area contributed by atoms with E-state index in [0.29, 0.717) is 6.54 Å². The van der Waals surface area contributed by atoms with Crippen LogP contribution < -0.4 is 16.0 Å². The predicted octanol–water partition coefficient (Wildman–Crippen LogP) is 1.69. The normalized spacial score (nSPS) is 17.6. The molecule has 0 spiro atoms. The van der Waals surface area contributed by atoms with Crippen LogP contribution in [0.2, 0.25) is 0 Å². The predicted molar refractivity (Wildman–Crippen MR) is 97.2 cm³/mol. The lowest BCUT2D eigenvalue weighted by molar-refractivity contribution is -0.134. The van der Waals surface area contributed by atoms with E-state index in [1.807, 2.05) is 29.2 Å². The molecule has 1 amide bonds. The number of methoxy groups -OCH3 is 1. The number of likely N-dealkylation sites (tertiary alicyclic amines) is 1. The third-order valence-corrected chi connectivity index (χ3v) is 4.78. The van der Waals surface area contributed by atoms with Crippen molar-refractivity contribution in [3.8, 4) is 5.75 Å². The first-order chi connectivity index (χ1) is 12.6. The lowest BCUT2D eigenvalue weighted by Gasteiger charge is -2.31. The second-order valence-electron chi connectivity index (χ2n) is 6.46. The SMILES string of the molecule is COc1ccc(C2CCCCCN2C(=O)Cn2ccc(=O)[nH]c2=O)cc1. The van der Waals surface area contributed by atoms with Crippen molar-refractivity contribution in [2.45, 2.75) is 38.3 Å². The highest BCUT2D eigenvalue weighted by molar-refractivity contribution is 5.76. The molecule has 0 radical (unpaired) electrons. The number of carbonyl (C=O) groups excluding carboxylic acids is 1. The summed E-state index contributed by atoms with van der Waals surface area (Å²) in [5.74, 6) is 0.655. The lowest BCUT2D eigenvalue weighted by atomic mass is 10.0. The smallest absolute Gasteiger partial charge is 0.328 e. The van der Waals surface area contributed by atoms with E-state index in [2.05, 4.69) is 4.98 Å². The number of nitrogens with zero attached hydrogens (tertiary/aromatic N) is 2. The van der Waals surface area contributed by atoms with Gasteiger partial charge in [-0.15, -0.1) is 0 Å². The van der Waals surface area contributed by atoms with Gasteiger partial charge in [-0.3, -0.25) is 19.1 Å². The van der Waals surface area contributed by atoms with Gasteiger partial charge in [0.1, 0.15) is 12.3 Å². The summed E-state index contributed by atoms with van der Waals surface area (Å²) in [5.41, 5.74) is 0.0288. The molecule has 2 heterocycles. The highest BCUT2D eigenvalue weighted by Gasteiger charge is 2.27. The van der Waals surface area contributed by atoms with Crippen LogP contribution in [-0.4, -0.2) is 34.0 Å². The van der Waals surface area contributed by atoms with Crippen LogP contribution in [0.25, 0.3) is 0 Å². The van der Waals surface area contributed by atoms with E-state index in [-0.39, 0.29) is 18.5 Å². The molecule has 1 aromatic heterocycles. The van der Waals surface area contributed by atoms with Crippen LogP contribution >= 0.6 is 0 Å². The van der Waals surface area contributed by atoms with Crippen LogP contribution in [-0.2, 0) is 11.3 Å². The van der Waals surface area contributed by atoms with Crippen molar-refractivity contribution in [2.75, 3.05) is 13.7 Å². The van der Waals surface area contributed by atoms with Crippen molar-refractivity contribution in [1.29, 1.82) is 0 Å². The quantitative estimate of drug-likeness (QED) is 0.902. The zero-order chi connectivity index (χ0) is 18.5.